The van der Waals surface area contributed by atoms with Gasteiger partial charge in [-0.2, -0.15) is 0 Å². The number of allylic oxidation sites excluding steroid dienone is 2. The van der Waals surface area contributed by atoms with Crippen LogP contribution in [-0.2, 0) is 0 Å². The molecule has 0 heterocycles. The zero-order valence-corrected chi connectivity index (χ0v) is 11.1. The van der Waals surface area contributed by atoms with Crippen molar-refractivity contribution in [2.75, 3.05) is 6.61 Å². The normalized spacial score (nSPS) is 33.8. The fourth-order valence-corrected chi connectivity index (χ4v) is 3.75. The molecule has 0 aromatic heterocycles. The van der Waals surface area contributed by atoms with Crippen molar-refractivity contribution in [2.45, 2.75) is 65.7 Å². The lowest BCUT2D eigenvalue weighted by atomic mass is 9.61. The highest BCUT2D eigenvalue weighted by Crippen LogP contribution is 2.51. The van der Waals surface area contributed by atoms with Gasteiger partial charge in [0.05, 0.1) is 0 Å². The lowest BCUT2D eigenvalue weighted by Gasteiger charge is -2.44. The van der Waals surface area contributed by atoms with Gasteiger partial charge in [0.25, 0.3) is 0 Å². The van der Waals surface area contributed by atoms with Crippen LogP contribution < -0.4 is 0 Å². The molecule has 16 heavy (non-hydrogen) atoms. The predicted octanol–water partition coefficient (Wildman–Crippen LogP) is 4.07. The Balaban J connectivity index is 2.20. The maximum atomic E-state index is 9.17. The Hall–Kier alpha value is -0.300. The van der Waals surface area contributed by atoms with Crippen LogP contribution in [-0.4, -0.2) is 11.7 Å². The molecule has 0 radical (unpaired) electrons. The van der Waals surface area contributed by atoms with Crippen molar-refractivity contribution in [2.24, 2.45) is 10.8 Å². The summed E-state index contributed by atoms with van der Waals surface area (Å²) in [6.45, 7) is 7.53. The van der Waals surface area contributed by atoms with Crippen LogP contribution in [0.1, 0.15) is 65.7 Å². The second kappa shape index (κ2) is 4.18. The zero-order valence-electron chi connectivity index (χ0n) is 11.1. The smallest absolute Gasteiger partial charge is 0.0436 e. The van der Waals surface area contributed by atoms with Gasteiger partial charge < -0.3 is 5.11 Å². The van der Waals surface area contributed by atoms with E-state index in [2.05, 4.69) is 20.8 Å². The average Bonchev–Trinajstić information content (AvgIpc) is 2.16. The summed E-state index contributed by atoms with van der Waals surface area (Å²) < 4.78 is 0. The molecule has 0 bridgehead atoms. The Morgan fingerprint density at radius 2 is 1.88 bits per heavy atom. The predicted molar refractivity (Wildman–Crippen MR) is 68.3 cm³/mol. The van der Waals surface area contributed by atoms with Gasteiger partial charge in [-0.15, -0.1) is 0 Å². The Morgan fingerprint density at radius 1 is 1.12 bits per heavy atom. The topological polar surface area (TPSA) is 20.2 Å². The summed E-state index contributed by atoms with van der Waals surface area (Å²) in [6, 6.07) is 0. The Labute approximate surface area is 99.9 Å². The van der Waals surface area contributed by atoms with Gasteiger partial charge >= 0.3 is 0 Å². The first-order chi connectivity index (χ1) is 7.47. The van der Waals surface area contributed by atoms with E-state index in [4.69, 9.17) is 5.11 Å². The third-order valence-corrected chi connectivity index (χ3v) is 4.86. The molecular weight excluding hydrogens is 196 g/mol. The molecule has 1 atom stereocenters. The highest BCUT2D eigenvalue weighted by Gasteiger charge is 2.37. The molecule has 92 valence electrons. The lowest BCUT2D eigenvalue weighted by molar-refractivity contribution is 0.165. The van der Waals surface area contributed by atoms with Crippen LogP contribution in [0.4, 0.5) is 0 Å². The molecule has 2 aliphatic rings. The quantitative estimate of drug-likeness (QED) is 0.698. The minimum absolute atomic E-state index is 0.350. The van der Waals surface area contributed by atoms with Crippen molar-refractivity contribution in [1.29, 1.82) is 0 Å². The molecule has 0 aliphatic heterocycles. The van der Waals surface area contributed by atoms with Crippen LogP contribution in [0.25, 0.3) is 0 Å². The number of hydrogen-bond acceptors (Lipinski definition) is 1. The van der Waals surface area contributed by atoms with E-state index in [1.165, 1.54) is 38.5 Å². The molecule has 1 nitrogen and oxygen atoms in total. The molecule has 0 amide bonds. The third kappa shape index (κ3) is 2.20. The van der Waals surface area contributed by atoms with E-state index in [0.29, 0.717) is 17.4 Å². The second-order valence-electron chi connectivity index (χ2n) is 6.78. The summed E-state index contributed by atoms with van der Waals surface area (Å²) in [5, 5.41) is 9.17. The monoisotopic (exact) mass is 222 g/mol. The molecule has 0 spiro atoms. The minimum Gasteiger partial charge on any atom is -0.396 e. The van der Waals surface area contributed by atoms with Gasteiger partial charge in [0.2, 0.25) is 0 Å². The van der Waals surface area contributed by atoms with Gasteiger partial charge in [0.1, 0.15) is 0 Å². The first-order valence-electron chi connectivity index (χ1n) is 6.79. The van der Waals surface area contributed by atoms with Gasteiger partial charge in [-0.05, 0) is 55.8 Å². The van der Waals surface area contributed by atoms with Crippen molar-refractivity contribution in [3.63, 3.8) is 0 Å². The van der Waals surface area contributed by atoms with Gasteiger partial charge in [0, 0.05) is 6.61 Å². The van der Waals surface area contributed by atoms with Crippen LogP contribution in [0.3, 0.4) is 0 Å². The van der Waals surface area contributed by atoms with E-state index >= 15 is 0 Å². The Bertz CT molecular complexity index is 301. The molecule has 0 aromatic rings. The fraction of sp³-hybridized carbons (Fsp3) is 0.867. The molecule has 1 unspecified atom stereocenters. The first kappa shape index (κ1) is 12.2. The molecule has 1 heteroatoms. The Kier molecular flexibility index (Phi) is 3.18. The van der Waals surface area contributed by atoms with Crippen molar-refractivity contribution < 1.29 is 5.11 Å². The van der Waals surface area contributed by atoms with Crippen LogP contribution in [0.2, 0.25) is 0 Å². The molecular formula is C15H26O. The Morgan fingerprint density at radius 3 is 2.56 bits per heavy atom. The summed E-state index contributed by atoms with van der Waals surface area (Å²) in [6.07, 6.45) is 8.81. The lowest BCUT2D eigenvalue weighted by Crippen LogP contribution is -2.30. The van der Waals surface area contributed by atoms with E-state index < -0.39 is 0 Å². The van der Waals surface area contributed by atoms with E-state index in [1.807, 2.05) is 0 Å². The molecule has 0 saturated heterocycles. The highest BCUT2D eigenvalue weighted by molar-refractivity contribution is 5.27. The van der Waals surface area contributed by atoms with Gasteiger partial charge in [-0.25, -0.2) is 0 Å². The molecule has 2 rings (SSSR count). The summed E-state index contributed by atoms with van der Waals surface area (Å²) >= 11 is 0. The maximum absolute atomic E-state index is 9.17. The molecule has 2 aliphatic carbocycles. The van der Waals surface area contributed by atoms with Gasteiger partial charge in [0.15, 0.2) is 0 Å². The zero-order chi connectivity index (χ0) is 11.8. The van der Waals surface area contributed by atoms with Crippen molar-refractivity contribution in [3.05, 3.63) is 11.1 Å². The van der Waals surface area contributed by atoms with Crippen molar-refractivity contribution >= 4 is 0 Å². The van der Waals surface area contributed by atoms with Crippen LogP contribution in [0, 0.1) is 10.8 Å². The van der Waals surface area contributed by atoms with Crippen LogP contribution in [0.15, 0.2) is 11.1 Å². The van der Waals surface area contributed by atoms with E-state index in [1.54, 1.807) is 11.1 Å². The van der Waals surface area contributed by atoms with E-state index in [-0.39, 0.29) is 0 Å². The third-order valence-electron chi connectivity index (χ3n) is 4.86. The standard InChI is InChI=1S/C15H26O/c1-14(2)7-4-5-12-11-15(3,9-10-16)8-6-13(12)14/h16H,4-11H2,1-3H3. The number of aliphatic hydroxyl groups is 1. The second-order valence-corrected chi connectivity index (χ2v) is 6.78. The summed E-state index contributed by atoms with van der Waals surface area (Å²) in [4.78, 5) is 0. The van der Waals surface area contributed by atoms with Gasteiger partial charge in [-0.3, -0.25) is 0 Å². The van der Waals surface area contributed by atoms with Crippen molar-refractivity contribution in [3.8, 4) is 0 Å². The first-order valence-corrected chi connectivity index (χ1v) is 6.79. The van der Waals surface area contributed by atoms with E-state index in [0.717, 1.165) is 6.42 Å². The molecule has 1 N–H and O–H groups in total. The van der Waals surface area contributed by atoms with E-state index in [9.17, 15) is 0 Å². The number of rotatable bonds is 2. The summed E-state index contributed by atoms with van der Waals surface area (Å²) in [5.74, 6) is 0. The van der Waals surface area contributed by atoms with Crippen LogP contribution >= 0.6 is 0 Å². The summed E-state index contributed by atoms with van der Waals surface area (Å²) in [5.41, 5.74) is 4.32. The van der Waals surface area contributed by atoms with Gasteiger partial charge in [-0.1, -0.05) is 31.9 Å². The molecule has 0 saturated carbocycles. The largest absolute Gasteiger partial charge is 0.396 e. The number of aliphatic hydroxyl groups excluding tert-OH is 1. The highest BCUT2D eigenvalue weighted by atomic mass is 16.3. The van der Waals surface area contributed by atoms with Crippen molar-refractivity contribution in [1.82, 2.24) is 0 Å². The minimum atomic E-state index is 0.350. The molecule has 0 aromatic carbocycles. The summed E-state index contributed by atoms with van der Waals surface area (Å²) in [7, 11) is 0. The number of hydrogen-bond donors (Lipinski definition) is 1. The molecule has 0 fully saturated rings. The maximum Gasteiger partial charge on any atom is 0.0436 e. The average molecular weight is 222 g/mol. The SMILES string of the molecule is CC1(CCO)CCC2=C(CCCC2(C)C)C1. The van der Waals surface area contributed by atoms with Crippen LogP contribution in [0.5, 0.6) is 0 Å². The fourth-order valence-electron chi connectivity index (χ4n) is 3.75.